The Labute approximate surface area is 526 Å². The second-order valence-corrected chi connectivity index (χ2v) is 23.7. The standard InChI is InChI=1S/C62H108N14O13/c1-12-35(5)47(73-56(82)45(66-11)33-41-25-17-16-18-26-41)58(84)70-42(27-19-22-30-63)53(79)69-44(29-21-24-32-65)54(80)72-49(37(7)14-3)60(86)74-48(36(6)13-2)59(85)71-46(34-77)57(83)76-51-40(10)89-62(88)50(38(8)15-4)75-55(81)43(28-20-23-31-64)68-52(78)39(9)67-61(51)87/h16-18,25-26,35-40,42-51,66,77H,12-15,19-24,27-34,63-65H2,1-11H3,(H,67,87)(H,68,78)(H,69,79)(H,70,84)(H,71,85)(H,72,80)(H,73,82)(H,74,86)(H,75,81)(H,76,83)/t35-,36-,37-,38-,39-,40-,42-,43-,44+,45+,46-,47-,48-,49+,50-,51+/m0/s1. The van der Waals surface area contributed by atoms with Crippen LogP contribution in [0.4, 0.5) is 0 Å². The molecule has 0 unspecified atom stereocenters. The summed E-state index contributed by atoms with van der Waals surface area (Å²) >= 11 is 0. The molecule has 0 aromatic heterocycles. The Kier molecular flexibility index (Phi) is 36.5. The first-order valence-corrected chi connectivity index (χ1v) is 32.0. The van der Waals surface area contributed by atoms with Gasteiger partial charge >= 0.3 is 5.97 Å². The van der Waals surface area contributed by atoms with Crippen molar-refractivity contribution < 1.29 is 62.6 Å². The lowest BCUT2D eigenvalue weighted by Gasteiger charge is -2.31. The van der Waals surface area contributed by atoms with Crippen molar-refractivity contribution in [2.75, 3.05) is 33.3 Å². The van der Waals surface area contributed by atoms with Crippen LogP contribution in [0.1, 0.15) is 158 Å². The van der Waals surface area contributed by atoms with Gasteiger partial charge in [-0.2, -0.15) is 0 Å². The minimum absolute atomic E-state index is 0.0826. The zero-order valence-electron chi connectivity index (χ0n) is 54.4. The summed E-state index contributed by atoms with van der Waals surface area (Å²) < 4.78 is 5.74. The van der Waals surface area contributed by atoms with Crippen molar-refractivity contribution >= 4 is 65.0 Å². The summed E-state index contributed by atoms with van der Waals surface area (Å²) in [4.78, 5) is 155. The second kappa shape index (κ2) is 41.5. The molecule has 0 radical (unpaired) electrons. The zero-order chi connectivity index (χ0) is 66.9. The number of nitrogens with two attached hydrogens (primary N) is 3. The van der Waals surface area contributed by atoms with E-state index in [4.69, 9.17) is 21.9 Å². The average molecular weight is 1260 g/mol. The number of likely N-dealkylation sites (N-methyl/N-ethyl adjacent to an activating group) is 1. The first kappa shape index (κ1) is 78.3. The predicted octanol–water partition coefficient (Wildman–Crippen LogP) is -0.806. The van der Waals surface area contributed by atoms with Crippen LogP contribution >= 0.6 is 0 Å². The molecule has 16 atom stereocenters. The maximum Gasteiger partial charge on any atom is 0.329 e. The Balaban J connectivity index is 2.45. The van der Waals surface area contributed by atoms with Crippen LogP contribution in [0.3, 0.4) is 0 Å². The van der Waals surface area contributed by atoms with Crippen LogP contribution in [0.25, 0.3) is 0 Å². The molecular weight excluding hydrogens is 1150 g/mol. The lowest BCUT2D eigenvalue weighted by atomic mass is 9.94. The summed E-state index contributed by atoms with van der Waals surface area (Å²) in [6, 6.07) is -4.49. The second-order valence-electron chi connectivity index (χ2n) is 23.7. The zero-order valence-corrected chi connectivity index (χ0v) is 54.4. The number of hydrogen-bond donors (Lipinski definition) is 15. The van der Waals surface area contributed by atoms with E-state index in [1.165, 1.54) is 13.8 Å². The molecular formula is C62H108N14O13. The maximum atomic E-state index is 14.6. The van der Waals surface area contributed by atoms with Crippen molar-refractivity contribution in [3.63, 3.8) is 0 Å². The Hall–Kier alpha value is -6.81. The molecule has 1 aliphatic heterocycles. The van der Waals surface area contributed by atoms with E-state index in [9.17, 15) is 57.8 Å². The largest absolute Gasteiger partial charge is 0.458 e. The highest BCUT2D eigenvalue weighted by atomic mass is 16.5. The van der Waals surface area contributed by atoms with E-state index in [2.05, 4.69) is 58.5 Å². The van der Waals surface area contributed by atoms with Gasteiger partial charge in [0.15, 0.2) is 0 Å². The van der Waals surface area contributed by atoms with Crippen LogP contribution in [0.15, 0.2) is 30.3 Å². The summed E-state index contributed by atoms with van der Waals surface area (Å²) in [5, 5.41) is 40.5. The molecule has 1 aromatic carbocycles. The average Bonchev–Trinajstić information content (AvgIpc) is 3.06. The molecule has 18 N–H and O–H groups in total. The van der Waals surface area contributed by atoms with Crippen molar-refractivity contribution in [3.05, 3.63) is 35.9 Å². The smallest absolute Gasteiger partial charge is 0.329 e. The quantitative estimate of drug-likeness (QED) is 0.0284. The number of unbranched alkanes of at least 4 members (excludes halogenated alkanes) is 3. The number of ether oxygens (including phenoxy) is 1. The van der Waals surface area contributed by atoms with Gasteiger partial charge in [-0.3, -0.25) is 47.9 Å². The highest BCUT2D eigenvalue weighted by molar-refractivity contribution is 5.99. The predicted molar refractivity (Wildman–Crippen MR) is 337 cm³/mol. The van der Waals surface area contributed by atoms with Gasteiger partial charge in [0.2, 0.25) is 59.1 Å². The van der Waals surface area contributed by atoms with E-state index >= 15 is 0 Å². The Bertz CT molecular complexity index is 2420. The highest BCUT2D eigenvalue weighted by Gasteiger charge is 2.41. The maximum absolute atomic E-state index is 14.6. The van der Waals surface area contributed by atoms with Gasteiger partial charge < -0.3 is 85.5 Å². The third-order valence-corrected chi connectivity index (χ3v) is 16.8. The number of aliphatic hydroxyl groups is 1. The summed E-state index contributed by atoms with van der Waals surface area (Å²) in [6.07, 6.45) is 3.71. The lowest BCUT2D eigenvalue weighted by Crippen LogP contribution is -2.63. The molecule has 0 spiro atoms. The van der Waals surface area contributed by atoms with E-state index < -0.39 is 162 Å². The van der Waals surface area contributed by atoms with Crippen molar-refractivity contribution in [1.29, 1.82) is 0 Å². The van der Waals surface area contributed by atoms with Crippen LogP contribution in [0.5, 0.6) is 0 Å². The third kappa shape index (κ3) is 25.9. The number of hydrogen-bond acceptors (Lipinski definition) is 17. The molecule has 0 bridgehead atoms. The van der Waals surface area contributed by atoms with Crippen LogP contribution in [0.2, 0.25) is 0 Å². The minimum Gasteiger partial charge on any atom is -0.458 e. The van der Waals surface area contributed by atoms with E-state index in [1.807, 2.05) is 44.2 Å². The van der Waals surface area contributed by atoms with Gasteiger partial charge in [0.25, 0.3) is 0 Å². The number of carbonyl (C=O) groups excluding carboxylic acids is 11. The SMILES string of the molecule is CC[C@H](C)[C@H](NC(=O)[C@@H](Cc1ccccc1)NC)C(=O)N[C@@H](CCCCN)C(=O)N[C@H](CCCCN)C(=O)N[C@@H](C(=O)N[C@H](C(=O)N[C@@H](CO)C(=O)N[C@H]1C(=O)N[C@@H](C)C(=O)N[C@@H](CCCCN)C(=O)N[C@@H]([C@@H](C)CC)C(=O)O[C@H]1C)[C@@H](C)CC)[C@@H](C)CC. The molecule has 2 rings (SSSR count). The summed E-state index contributed by atoms with van der Waals surface area (Å²) in [5.74, 6) is -10.6. The number of carbonyl (C=O) groups is 11. The fourth-order valence-electron chi connectivity index (χ4n) is 9.87. The van der Waals surface area contributed by atoms with E-state index in [0.29, 0.717) is 83.7 Å². The topological polar surface area (TPSA) is 428 Å². The molecule has 27 nitrogen and oxygen atoms in total. The molecule has 1 fully saturated rings. The number of aliphatic hydroxyl groups excluding tert-OH is 1. The molecule has 1 aliphatic rings. The normalized spacial score (nSPS) is 21.1. The molecule has 89 heavy (non-hydrogen) atoms. The van der Waals surface area contributed by atoms with Crippen LogP contribution in [-0.2, 0) is 63.9 Å². The van der Waals surface area contributed by atoms with Gasteiger partial charge in [-0.25, -0.2) is 4.79 Å². The first-order chi connectivity index (χ1) is 42.3. The number of cyclic esters (lactones) is 1. The van der Waals surface area contributed by atoms with E-state index in [1.54, 1.807) is 48.6 Å². The Morgan fingerprint density at radius 2 is 0.989 bits per heavy atom. The molecule has 27 heteroatoms. The number of amides is 10. The highest BCUT2D eigenvalue weighted by Crippen LogP contribution is 2.18. The van der Waals surface area contributed by atoms with Gasteiger partial charge in [0, 0.05) is 0 Å². The summed E-state index contributed by atoms with van der Waals surface area (Å²) in [5.41, 5.74) is 18.3. The summed E-state index contributed by atoms with van der Waals surface area (Å²) in [7, 11) is 1.65. The van der Waals surface area contributed by atoms with E-state index in [-0.39, 0.29) is 31.7 Å². The fraction of sp³-hybridized carbons (Fsp3) is 0.726. The first-order valence-electron chi connectivity index (χ1n) is 32.0. The van der Waals surface area contributed by atoms with Crippen molar-refractivity contribution in [3.8, 4) is 0 Å². The van der Waals surface area contributed by atoms with Crippen LogP contribution in [-0.4, -0.2) is 176 Å². The van der Waals surface area contributed by atoms with Gasteiger partial charge in [0.05, 0.1) is 12.6 Å². The van der Waals surface area contributed by atoms with E-state index in [0.717, 1.165) is 5.56 Å². The van der Waals surface area contributed by atoms with Gasteiger partial charge in [-0.15, -0.1) is 0 Å². The van der Waals surface area contributed by atoms with Gasteiger partial charge in [-0.1, -0.05) is 111 Å². The third-order valence-electron chi connectivity index (χ3n) is 16.8. The minimum atomic E-state index is -1.77. The number of rotatable bonds is 38. The number of esters is 1. The fourth-order valence-corrected chi connectivity index (χ4v) is 9.87. The lowest BCUT2D eigenvalue weighted by molar-refractivity contribution is -0.157. The van der Waals surface area contributed by atoms with Gasteiger partial charge in [-0.05, 0) is 134 Å². The summed E-state index contributed by atoms with van der Waals surface area (Å²) in [6.45, 7) is 16.7. The molecule has 504 valence electrons. The van der Waals surface area contributed by atoms with Crippen LogP contribution in [0, 0.1) is 23.7 Å². The molecule has 1 heterocycles. The van der Waals surface area contributed by atoms with Gasteiger partial charge in [0.1, 0.15) is 66.5 Å². The van der Waals surface area contributed by atoms with Crippen molar-refractivity contribution in [1.82, 2.24) is 58.5 Å². The number of benzene rings is 1. The number of nitrogens with one attached hydrogen (secondary N) is 11. The molecule has 10 amide bonds. The Morgan fingerprint density at radius 1 is 0.539 bits per heavy atom. The molecule has 0 aliphatic carbocycles. The van der Waals surface area contributed by atoms with Crippen LogP contribution < -0.4 is 75.7 Å². The molecule has 1 saturated heterocycles. The molecule has 1 aromatic rings. The van der Waals surface area contributed by atoms with Crippen molar-refractivity contribution in [2.24, 2.45) is 40.9 Å². The monoisotopic (exact) mass is 1260 g/mol. The molecule has 0 saturated carbocycles. The Morgan fingerprint density at radius 3 is 1.46 bits per heavy atom. The van der Waals surface area contributed by atoms with Crippen molar-refractivity contribution in [2.45, 2.75) is 232 Å².